The zero-order valence-corrected chi connectivity index (χ0v) is 18.0. The summed E-state index contributed by atoms with van der Waals surface area (Å²) in [6.07, 6.45) is 3.24. The lowest BCUT2D eigenvalue weighted by molar-refractivity contribution is 0.208. The number of hydrogen-bond acceptors (Lipinski definition) is 4. The summed E-state index contributed by atoms with van der Waals surface area (Å²) < 4.78 is 41.2. The minimum atomic E-state index is -3.68. The van der Waals surface area contributed by atoms with Crippen LogP contribution < -0.4 is 5.32 Å². The first-order valence-corrected chi connectivity index (χ1v) is 11.7. The second-order valence-electron chi connectivity index (χ2n) is 7.97. The fourth-order valence-corrected chi connectivity index (χ4v) is 5.85. The molecule has 0 saturated heterocycles. The zero-order valence-electron chi connectivity index (χ0n) is 17.2. The predicted octanol–water partition coefficient (Wildman–Crippen LogP) is 2.90. The van der Waals surface area contributed by atoms with Crippen molar-refractivity contribution in [1.82, 2.24) is 19.5 Å². The molecule has 0 radical (unpaired) electrons. The predicted molar refractivity (Wildman–Crippen MR) is 118 cm³/mol. The Morgan fingerprint density at radius 1 is 1.00 bits per heavy atom. The van der Waals surface area contributed by atoms with Crippen molar-refractivity contribution in [2.24, 2.45) is 0 Å². The molecule has 3 heterocycles. The number of urea groups is 1. The van der Waals surface area contributed by atoms with Gasteiger partial charge in [-0.05, 0) is 41.0 Å². The number of amides is 2. The summed E-state index contributed by atoms with van der Waals surface area (Å²) in [4.78, 5) is 18.5. The lowest BCUT2D eigenvalue weighted by Gasteiger charge is -2.23. The fourth-order valence-electron chi connectivity index (χ4n) is 4.21. The number of aromatic nitrogens is 1. The Hall–Kier alpha value is -3.30. The summed E-state index contributed by atoms with van der Waals surface area (Å²) in [5.74, 6) is -0.320. The number of hydrogen-bond donors (Lipinski definition) is 1. The molecule has 0 atom stereocenters. The van der Waals surface area contributed by atoms with Crippen LogP contribution in [0.5, 0.6) is 0 Å². The molecule has 0 saturated carbocycles. The largest absolute Gasteiger partial charge is 0.334 e. The number of carbonyl (C=O) groups excluding carboxylic acids is 1. The molecule has 32 heavy (non-hydrogen) atoms. The molecule has 2 aromatic carbocycles. The Morgan fingerprint density at radius 3 is 2.44 bits per heavy atom. The van der Waals surface area contributed by atoms with Gasteiger partial charge in [0.25, 0.3) is 0 Å². The first-order chi connectivity index (χ1) is 15.4. The van der Waals surface area contributed by atoms with Gasteiger partial charge in [-0.15, -0.1) is 0 Å². The highest BCUT2D eigenvalue weighted by Gasteiger charge is 2.38. The number of benzene rings is 2. The Bertz CT molecular complexity index is 1320. The number of nitrogens with one attached hydrogen (secondary N) is 1. The van der Waals surface area contributed by atoms with Crippen molar-refractivity contribution >= 4 is 26.8 Å². The summed E-state index contributed by atoms with van der Waals surface area (Å²) in [6.45, 7) is 1.66. The van der Waals surface area contributed by atoms with Crippen LogP contribution in [0.25, 0.3) is 10.8 Å². The van der Waals surface area contributed by atoms with Gasteiger partial charge in [0.15, 0.2) is 0 Å². The maximum absolute atomic E-state index is 13.3. The van der Waals surface area contributed by atoms with Gasteiger partial charge in [0.1, 0.15) is 5.82 Å². The van der Waals surface area contributed by atoms with E-state index in [1.165, 1.54) is 16.4 Å². The van der Waals surface area contributed by atoms with Crippen LogP contribution >= 0.6 is 0 Å². The van der Waals surface area contributed by atoms with Gasteiger partial charge in [-0.3, -0.25) is 4.98 Å². The smallest absolute Gasteiger partial charge is 0.318 e. The van der Waals surface area contributed by atoms with Crippen molar-refractivity contribution in [2.75, 3.05) is 26.2 Å². The van der Waals surface area contributed by atoms with Crippen molar-refractivity contribution in [1.29, 1.82) is 0 Å². The number of rotatable bonds is 4. The Kier molecular flexibility index (Phi) is 5.15. The molecule has 9 heteroatoms. The normalized spacial score (nSPS) is 16.6. The topological polar surface area (TPSA) is 82.6 Å². The SMILES string of the molecule is O=C(NCc1ccc(F)cc1)N1CC2=C(C1)CN(S(=O)(=O)c1cccc3cnccc13)C2. The second kappa shape index (κ2) is 7.99. The molecule has 0 spiro atoms. The van der Waals surface area contributed by atoms with Crippen molar-refractivity contribution < 1.29 is 17.6 Å². The van der Waals surface area contributed by atoms with E-state index in [0.29, 0.717) is 25.0 Å². The highest BCUT2D eigenvalue weighted by molar-refractivity contribution is 7.89. The van der Waals surface area contributed by atoms with Crippen LogP contribution in [0.1, 0.15) is 5.56 Å². The molecule has 2 amide bonds. The van der Waals surface area contributed by atoms with E-state index in [4.69, 9.17) is 0 Å². The van der Waals surface area contributed by atoms with Gasteiger partial charge in [0, 0.05) is 55.9 Å². The second-order valence-corrected chi connectivity index (χ2v) is 9.88. The summed E-state index contributed by atoms with van der Waals surface area (Å²) in [5.41, 5.74) is 2.74. The van der Waals surface area contributed by atoms with E-state index < -0.39 is 10.0 Å². The van der Waals surface area contributed by atoms with Crippen LogP contribution in [-0.4, -0.2) is 54.8 Å². The summed E-state index contributed by atoms with van der Waals surface area (Å²) in [5, 5.41) is 4.26. The van der Waals surface area contributed by atoms with Crippen LogP contribution in [0.2, 0.25) is 0 Å². The van der Waals surface area contributed by atoms with Crippen LogP contribution in [0.15, 0.2) is 77.0 Å². The number of nitrogens with zero attached hydrogens (tertiary/aromatic N) is 3. The molecule has 7 nitrogen and oxygen atoms in total. The standard InChI is InChI=1S/C23H21FN4O3S/c24-20-6-4-16(5-7-20)10-26-23(29)27-12-18-14-28(15-19(18)13-27)32(30,31)22-3-1-2-17-11-25-9-8-21(17)22/h1-9,11H,10,12-15H2,(H,26,29). The van der Waals surface area contributed by atoms with Crippen LogP contribution in [0, 0.1) is 5.82 Å². The van der Waals surface area contributed by atoms with E-state index in [1.54, 1.807) is 47.6 Å². The molecule has 2 aliphatic heterocycles. The molecule has 0 bridgehead atoms. The van der Waals surface area contributed by atoms with E-state index >= 15 is 0 Å². The molecule has 1 N–H and O–H groups in total. The third-order valence-corrected chi connectivity index (χ3v) is 7.75. The maximum atomic E-state index is 13.3. The van der Waals surface area contributed by atoms with Crippen molar-refractivity contribution in [3.05, 3.63) is 83.5 Å². The monoisotopic (exact) mass is 452 g/mol. The molecular formula is C23H21FN4O3S. The zero-order chi connectivity index (χ0) is 22.3. The minimum absolute atomic E-state index is 0.223. The van der Waals surface area contributed by atoms with E-state index in [1.807, 2.05) is 6.07 Å². The van der Waals surface area contributed by atoms with Gasteiger partial charge in [0.2, 0.25) is 10.0 Å². The van der Waals surface area contributed by atoms with Gasteiger partial charge in [-0.1, -0.05) is 24.3 Å². The van der Waals surface area contributed by atoms with Gasteiger partial charge >= 0.3 is 6.03 Å². The third-order valence-electron chi connectivity index (χ3n) is 5.90. The third kappa shape index (κ3) is 3.74. The lowest BCUT2D eigenvalue weighted by atomic mass is 10.2. The number of halogens is 1. The van der Waals surface area contributed by atoms with Crippen molar-refractivity contribution in [3.63, 3.8) is 0 Å². The minimum Gasteiger partial charge on any atom is -0.334 e. The highest BCUT2D eigenvalue weighted by Crippen LogP contribution is 2.32. The molecule has 3 aromatic rings. The molecular weight excluding hydrogens is 431 g/mol. The van der Waals surface area contributed by atoms with Gasteiger partial charge in [-0.25, -0.2) is 17.6 Å². The number of pyridine rings is 1. The molecule has 0 fully saturated rings. The average molecular weight is 453 g/mol. The van der Waals surface area contributed by atoms with E-state index in [0.717, 1.165) is 22.1 Å². The summed E-state index contributed by atoms with van der Waals surface area (Å²) >= 11 is 0. The lowest BCUT2D eigenvalue weighted by Crippen LogP contribution is -2.41. The van der Waals surface area contributed by atoms with E-state index in [-0.39, 0.29) is 29.8 Å². The number of fused-ring (bicyclic) bond motifs is 1. The first-order valence-electron chi connectivity index (χ1n) is 10.2. The first kappa shape index (κ1) is 20.6. The van der Waals surface area contributed by atoms with E-state index in [9.17, 15) is 17.6 Å². The fraction of sp³-hybridized carbons (Fsp3) is 0.217. The van der Waals surface area contributed by atoms with Gasteiger partial charge in [0.05, 0.1) is 4.90 Å². The van der Waals surface area contributed by atoms with E-state index in [2.05, 4.69) is 10.3 Å². The molecule has 2 aliphatic rings. The Labute approximate surface area is 185 Å². The van der Waals surface area contributed by atoms with Gasteiger partial charge < -0.3 is 10.2 Å². The van der Waals surface area contributed by atoms with Crippen LogP contribution in [-0.2, 0) is 16.6 Å². The van der Waals surface area contributed by atoms with Gasteiger partial charge in [-0.2, -0.15) is 4.31 Å². The Balaban J connectivity index is 1.23. The molecule has 5 rings (SSSR count). The molecule has 0 unspecified atom stereocenters. The average Bonchev–Trinajstić information content (AvgIpc) is 3.38. The molecule has 0 aliphatic carbocycles. The summed E-state index contributed by atoms with van der Waals surface area (Å²) in [7, 11) is -3.68. The van der Waals surface area contributed by atoms with Crippen molar-refractivity contribution in [2.45, 2.75) is 11.4 Å². The summed E-state index contributed by atoms with van der Waals surface area (Å²) in [6, 6.07) is 12.6. The highest BCUT2D eigenvalue weighted by atomic mass is 32.2. The maximum Gasteiger partial charge on any atom is 0.318 e. The Morgan fingerprint density at radius 2 is 1.72 bits per heavy atom. The molecule has 1 aromatic heterocycles. The van der Waals surface area contributed by atoms with Crippen LogP contribution in [0.4, 0.5) is 9.18 Å². The number of carbonyl (C=O) groups is 1. The van der Waals surface area contributed by atoms with Crippen molar-refractivity contribution in [3.8, 4) is 0 Å². The quantitative estimate of drug-likeness (QED) is 0.617. The molecule has 164 valence electrons. The van der Waals surface area contributed by atoms with Crippen LogP contribution in [0.3, 0.4) is 0 Å². The number of sulfonamides is 1.